The lowest BCUT2D eigenvalue weighted by molar-refractivity contribution is 0.618. The van der Waals surface area contributed by atoms with E-state index in [0.29, 0.717) is 11.1 Å². The Labute approximate surface area is 113 Å². The van der Waals surface area contributed by atoms with Crippen molar-refractivity contribution in [3.05, 3.63) is 41.8 Å². The first-order valence-corrected chi connectivity index (χ1v) is 6.20. The van der Waals surface area contributed by atoms with E-state index in [1.54, 1.807) is 6.20 Å². The maximum Gasteiger partial charge on any atom is 0.223 e. The molecule has 19 heavy (non-hydrogen) atoms. The van der Waals surface area contributed by atoms with E-state index in [1.165, 1.54) is 0 Å². The van der Waals surface area contributed by atoms with Crippen molar-refractivity contribution in [3.63, 3.8) is 0 Å². The average Bonchev–Trinajstić information content (AvgIpc) is 2.80. The zero-order chi connectivity index (χ0) is 13.4. The Kier molecular flexibility index (Phi) is 2.91. The molecule has 0 aliphatic rings. The molecule has 0 spiro atoms. The largest absolute Gasteiger partial charge is 0.346 e. The molecule has 0 saturated carbocycles. The quantitative estimate of drug-likeness (QED) is 0.675. The van der Waals surface area contributed by atoms with Gasteiger partial charge in [0, 0.05) is 24.5 Å². The predicted octanol–water partition coefficient (Wildman–Crippen LogP) is 3.31. The Morgan fingerprint density at radius 3 is 3.00 bits per heavy atom. The van der Waals surface area contributed by atoms with Gasteiger partial charge < -0.3 is 4.57 Å². The molecule has 0 aromatic carbocycles. The fourth-order valence-corrected chi connectivity index (χ4v) is 2.23. The Hall–Kier alpha value is -2.01. The monoisotopic (exact) mass is 276 g/mol. The molecule has 0 unspecified atom stereocenters. The number of aryl methyl sites for hydroxylation is 1. The van der Waals surface area contributed by atoms with Gasteiger partial charge in [-0.05, 0) is 30.7 Å². The van der Waals surface area contributed by atoms with Gasteiger partial charge >= 0.3 is 0 Å². The van der Waals surface area contributed by atoms with E-state index in [1.807, 2.05) is 29.8 Å². The summed E-state index contributed by atoms with van der Waals surface area (Å²) in [6.45, 7) is 2.78. The minimum Gasteiger partial charge on any atom is -0.346 e. The lowest BCUT2D eigenvalue weighted by atomic mass is 10.2. The van der Waals surface area contributed by atoms with Crippen LogP contribution < -0.4 is 0 Å². The van der Waals surface area contributed by atoms with Crippen molar-refractivity contribution >= 4 is 22.6 Å². The number of hydrogen-bond donors (Lipinski definition) is 0. The molecule has 0 aliphatic carbocycles. The van der Waals surface area contributed by atoms with Crippen molar-refractivity contribution in [2.24, 2.45) is 0 Å². The van der Waals surface area contributed by atoms with E-state index in [0.717, 1.165) is 18.3 Å². The molecule has 3 rings (SSSR count). The van der Waals surface area contributed by atoms with E-state index in [2.05, 4.69) is 15.0 Å². The molecule has 0 saturated heterocycles. The molecule has 6 heteroatoms. The molecular weight excluding hydrogens is 267 g/mol. The number of pyridine rings is 1. The SMILES string of the molecule is CCn1cc(-c2nc(Cl)ncc2F)c2ncccc21. The number of fused-ring (bicyclic) bond motifs is 1. The predicted molar refractivity (Wildman–Crippen MR) is 71.4 cm³/mol. The highest BCUT2D eigenvalue weighted by atomic mass is 35.5. The second-order valence-corrected chi connectivity index (χ2v) is 4.37. The first-order valence-electron chi connectivity index (χ1n) is 5.83. The summed E-state index contributed by atoms with van der Waals surface area (Å²) in [6.07, 6.45) is 4.58. The minimum atomic E-state index is -0.509. The minimum absolute atomic E-state index is 0.0183. The third kappa shape index (κ3) is 1.96. The molecule has 3 aromatic heterocycles. The van der Waals surface area contributed by atoms with E-state index in [9.17, 15) is 4.39 Å². The molecule has 0 fully saturated rings. The summed E-state index contributed by atoms with van der Waals surface area (Å²) in [5.41, 5.74) is 2.45. The van der Waals surface area contributed by atoms with Crippen LogP contribution in [0.15, 0.2) is 30.7 Å². The van der Waals surface area contributed by atoms with Gasteiger partial charge in [0.2, 0.25) is 5.28 Å². The summed E-state index contributed by atoms with van der Waals surface area (Å²) >= 11 is 5.74. The molecule has 0 amide bonds. The second kappa shape index (κ2) is 4.59. The van der Waals surface area contributed by atoms with Crippen LogP contribution >= 0.6 is 11.6 Å². The van der Waals surface area contributed by atoms with Crippen molar-refractivity contribution in [3.8, 4) is 11.3 Å². The van der Waals surface area contributed by atoms with E-state index >= 15 is 0 Å². The first-order chi connectivity index (χ1) is 9.20. The Balaban J connectivity index is 2.33. The number of halogens is 2. The van der Waals surface area contributed by atoms with Crippen LogP contribution in [0.25, 0.3) is 22.3 Å². The van der Waals surface area contributed by atoms with Crippen molar-refractivity contribution in [1.82, 2.24) is 19.5 Å². The first kappa shape index (κ1) is 12.0. The summed E-state index contributed by atoms with van der Waals surface area (Å²) in [6, 6.07) is 3.79. The number of rotatable bonds is 2. The lowest BCUT2D eigenvalue weighted by Crippen LogP contribution is -1.92. The van der Waals surface area contributed by atoms with E-state index < -0.39 is 5.82 Å². The lowest BCUT2D eigenvalue weighted by Gasteiger charge is -1.99. The van der Waals surface area contributed by atoms with Gasteiger partial charge in [-0.2, -0.15) is 0 Å². The van der Waals surface area contributed by atoms with Crippen LogP contribution in [0.5, 0.6) is 0 Å². The van der Waals surface area contributed by atoms with Gasteiger partial charge in [0.05, 0.1) is 17.2 Å². The van der Waals surface area contributed by atoms with Crippen molar-refractivity contribution in [2.75, 3.05) is 0 Å². The van der Waals surface area contributed by atoms with Crippen LogP contribution in [-0.2, 0) is 6.54 Å². The third-order valence-corrected chi connectivity index (χ3v) is 3.13. The summed E-state index contributed by atoms with van der Waals surface area (Å²) in [5.74, 6) is -0.509. The van der Waals surface area contributed by atoms with Crippen LogP contribution in [0.1, 0.15) is 6.92 Å². The summed E-state index contributed by atoms with van der Waals surface area (Å²) in [4.78, 5) is 11.9. The zero-order valence-corrected chi connectivity index (χ0v) is 10.9. The van der Waals surface area contributed by atoms with Crippen LogP contribution in [0.4, 0.5) is 4.39 Å². The number of hydrogen-bond acceptors (Lipinski definition) is 3. The van der Waals surface area contributed by atoms with Crippen molar-refractivity contribution in [2.45, 2.75) is 13.5 Å². The summed E-state index contributed by atoms with van der Waals surface area (Å²) < 4.78 is 15.9. The Morgan fingerprint density at radius 2 is 2.21 bits per heavy atom. The van der Waals surface area contributed by atoms with Crippen LogP contribution in [0.2, 0.25) is 5.28 Å². The Bertz CT molecular complexity index is 753. The molecule has 0 aliphatic heterocycles. The van der Waals surface area contributed by atoms with Gasteiger partial charge in [0.25, 0.3) is 0 Å². The number of nitrogens with zero attached hydrogens (tertiary/aromatic N) is 4. The van der Waals surface area contributed by atoms with Crippen molar-refractivity contribution in [1.29, 1.82) is 0 Å². The highest BCUT2D eigenvalue weighted by molar-refractivity contribution is 6.28. The molecule has 0 bridgehead atoms. The molecule has 96 valence electrons. The zero-order valence-electron chi connectivity index (χ0n) is 10.1. The maximum absolute atomic E-state index is 13.9. The fourth-order valence-electron chi connectivity index (χ4n) is 2.09. The molecule has 3 heterocycles. The third-order valence-electron chi connectivity index (χ3n) is 2.95. The fraction of sp³-hybridized carbons (Fsp3) is 0.154. The molecular formula is C13H10ClFN4. The maximum atomic E-state index is 13.9. The van der Waals surface area contributed by atoms with Gasteiger partial charge in [-0.3, -0.25) is 4.98 Å². The van der Waals surface area contributed by atoms with Gasteiger partial charge in [-0.1, -0.05) is 0 Å². The van der Waals surface area contributed by atoms with Crippen LogP contribution in [0, 0.1) is 5.82 Å². The smallest absolute Gasteiger partial charge is 0.223 e. The van der Waals surface area contributed by atoms with Gasteiger partial charge in [-0.25, -0.2) is 14.4 Å². The highest BCUT2D eigenvalue weighted by Gasteiger charge is 2.16. The van der Waals surface area contributed by atoms with Gasteiger partial charge in [-0.15, -0.1) is 0 Å². The Morgan fingerprint density at radius 1 is 1.37 bits per heavy atom. The molecule has 0 radical (unpaired) electrons. The number of aromatic nitrogens is 4. The molecule has 0 atom stereocenters. The van der Waals surface area contributed by atoms with Gasteiger partial charge in [0.1, 0.15) is 5.69 Å². The van der Waals surface area contributed by atoms with E-state index in [-0.39, 0.29) is 11.0 Å². The topological polar surface area (TPSA) is 43.6 Å². The normalized spacial score (nSPS) is 11.1. The molecule has 4 nitrogen and oxygen atoms in total. The standard InChI is InChI=1S/C13H10ClFN4/c1-2-19-7-8(12-10(19)4-3-5-16-12)11-9(15)6-17-13(14)18-11/h3-7H,2H2,1H3. The van der Waals surface area contributed by atoms with Crippen LogP contribution in [-0.4, -0.2) is 19.5 Å². The van der Waals surface area contributed by atoms with Crippen molar-refractivity contribution < 1.29 is 4.39 Å². The highest BCUT2D eigenvalue weighted by Crippen LogP contribution is 2.29. The molecule has 3 aromatic rings. The summed E-state index contributed by atoms with van der Waals surface area (Å²) in [7, 11) is 0. The van der Waals surface area contributed by atoms with Gasteiger partial charge in [0.15, 0.2) is 5.82 Å². The summed E-state index contributed by atoms with van der Waals surface area (Å²) in [5, 5.41) is 0.0183. The van der Waals surface area contributed by atoms with Crippen LogP contribution in [0.3, 0.4) is 0 Å². The average molecular weight is 277 g/mol. The molecule has 0 N–H and O–H groups in total. The second-order valence-electron chi connectivity index (χ2n) is 4.04. The van der Waals surface area contributed by atoms with E-state index in [4.69, 9.17) is 11.6 Å².